The van der Waals surface area contributed by atoms with Gasteiger partial charge in [-0.2, -0.15) is 0 Å². The molecule has 8 heteroatoms. The lowest BCUT2D eigenvalue weighted by Crippen LogP contribution is -2.29. The van der Waals surface area contributed by atoms with Gasteiger partial charge in [0.2, 0.25) is 0 Å². The van der Waals surface area contributed by atoms with Gasteiger partial charge in [0.25, 0.3) is 5.91 Å². The number of hydrogen-bond donors (Lipinski definition) is 2. The molecule has 0 bridgehead atoms. The second-order valence-corrected chi connectivity index (χ2v) is 11.0. The van der Waals surface area contributed by atoms with Gasteiger partial charge >= 0.3 is 0 Å². The van der Waals surface area contributed by atoms with E-state index in [1.54, 1.807) is 10.9 Å². The molecule has 2 N–H and O–H groups in total. The molecule has 0 radical (unpaired) electrons. The van der Waals surface area contributed by atoms with Crippen LogP contribution in [-0.2, 0) is 12.1 Å². The first kappa shape index (κ1) is 23.5. The normalized spacial score (nSPS) is 20.1. The fraction of sp³-hybridized carbons (Fsp3) is 0.481. The van der Waals surface area contributed by atoms with E-state index in [2.05, 4.69) is 62.0 Å². The molecule has 2 saturated heterocycles. The van der Waals surface area contributed by atoms with Crippen LogP contribution in [0.2, 0.25) is 0 Å². The number of amides is 1. The van der Waals surface area contributed by atoms with Gasteiger partial charge in [-0.25, -0.2) is 4.68 Å². The van der Waals surface area contributed by atoms with Crippen LogP contribution in [0, 0.1) is 12.3 Å². The number of nitrogens with one attached hydrogen (secondary N) is 2. The Morgan fingerprint density at radius 3 is 2.80 bits per heavy atom. The van der Waals surface area contributed by atoms with Crippen LogP contribution in [0.15, 0.2) is 42.9 Å². The van der Waals surface area contributed by atoms with Gasteiger partial charge in [-0.05, 0) is 69.8 Å². The number of carbonyl (C=O) groups excluding carboxylic acids is 1. The highest BCUT2D eigenvalue weighted by Gasteiger charge is 2.40. The molecule has 1 aromatic carbocycles. The minimum absolute atomic E-state index is 0.215. The Balaban J connectivity index is 1.29. The molecule has 2 aromatic heterocycles. The summed E-state index contributed by atoms with van der Waals surface area (Å²) >= 11 is 0. The highest BCUT2D eigenvalue weighted by atomic mass is 16.2. The molecule has 1 spiro atoms. The van der Waals surface area contributed by atoms with Crippen LogP contribution in [0.25, 0.3) is 11.1 Å². The quantitative estimate of drug-likeness (QED) is 0.590. The Morgan fingerprint density at radius 2 is 2.09 bits per heavy atom. The number of aromatic nitrogens is 4. The van der Waals surface area contributed by atoms with Gasteiger partial charge in [-0.15, -0.1) is 5.10 Å². The van der Waals surface area contributed by atoms with Gasteiger partial charge in [-0.1, -0.05) is 23.4 Å². The summed E-state index contributed by atoms with van der Waals surface area (Å²) in [7, 11) is 0. The Morgan fingerprint density at radius 1 is 1.23 bits per heavy atom. The molecule has 8 nitrogen and oxygen atoms in total. The molecule has 35 heavy (non-hydrogen) atoms. The first-order valence-electron chi connectivity index (χ1n) is 12.4. The largest absolute Gasteiger partial charge is 0.369 e. The van der Waals surface area contributed by atoms with E-state index in [0.717, 1.165) is 37.3 Å². The lowest BCUT2D eigenvalue weighted by atomic mass is 9.86. The van der Waals surface area contributed by atoms with E-state index < -0.39 is 0 Å². The highest BCUT2D eigenvalue weighted by Crippen LogP contribution is 2.41. The SMILES string of the molecule is Cc1cc(-c2ccncc2N2CCC3(CCNC3)C2)ccc1CNC(=O)c1cn(C(C)(C)C)nn1. The summed E-state index contributed by atoms with van der Waals surface area (Å²) in [5.41, 5.74) is 6.33. The van der Waals surface area contributed by atoms with Gasteiger partial charge in [0.05, 0.1) is 23.6 Å². The van der Waals surface area contributed by atoms with E-state index in [1.165, 1.54) is 29.7 Å². The van der Waals surface area contributed by atoms with E-state index in [1.807, 2.05) is 33.2 Å². The van der Waals surface area contributed by atoms with Crippen molar-refractivity contribution in [3.63, 3.8) is 0 Å². The summed E-state index contributed by atoms with van der Waals surface area (Å²) in [6.45, 7) is 13.0. The molecule has 184 valence electrons. The second kappa shape index (κ2) is 9.07. The predicted molar refractivity (Wildman–Crippen MR) is 137 cm³/mol. The molecular weight excluding hydrogens is 438 g/mol. The number of benzene rings is 1. The molecule has 2 aliphatic rings. The third-order valence-electron chi connectivity index (χ3n) is 7.42. The lowest BCUT2D eigenvalue weighted by Gasteiger charge is -2.25. The first-order valence-corrected chi connectivity index (χ1v) is 12.4. The molecule has 1 amide bonds. The number of aryl methyl sites for hydroxylation is 1. The van der Waals surface area contributed by atoms with Gasteiger partial charge in [0, 0.05) is 43.4 Å². The number of pyridine rings is 1. The van der Waals surface area contributed by atoms with E-state index in [-0.39, 0.29) is 11.4 Å². The maximum absolute atomic E-state index is 12.6. The van der Waals surface area contributed by atoms with E-state index in [0.29, 0.717) is 17.7 Å². The van der Waals surface area contributed by atoms with Crippen molar-refractivity contribution in [2.45, 2.75) is 52.6 Å². The zero-order valence-electron chi connectivity index (χ0n) is 21.1. The maximum atomic E-state index is 12.6. The van der Waals surface area contributed by atoms with Gasteiger partial charge < -0.3 is 15.5 Å². The Hall–Kier alpha value is -3.26. The van der Waals surface area contributed by atoms with Gasteiger partial charge in [0.1, 0.15) is 0 Å². The molecule has 5 rings (SSSR count). The summed E-state index contributed by atoms with van der Waals surface area (Å²) in [6, 6.07) is 8.57. The molecule has 1 unspecified atom stereocenters. The fourth-order valence-electron chi connectivity index (χ4n) is 5.19. The predicted octanol–water partition coefficient (Wildman–Crippen LogP) is 3.52. The van der Waals surface area contributed by atoms with Crippen molar-refractivity contribution in [1.82, 2.24) is 30.6 Å². The van der Waals surface area contributed by atoms with E-state index >= 15 is 0 Å². The second-order valence-electron chi connectivity index (χ2n) is 11.0. The van der Waals surface area contributed by atoms with Crippen LogP contribution < -0.4 is 15.5 Å². The van der Waals surface area contributed by atoms with Crippen molar-refractivity contribution < 1.29 is 4.79 Å². The fourth-order valence-corrected chi connectivity index (χ4v) is 5.19. The summed E-state index contributed by atoms with van der Waals surface area (Å²) in [6.07, 6.45) is 8.06. The molecule has 4 heterocycles. The molecule has 2 aliphatic heterocycles. The minimum Gasteiger partial charge on any atom is -0.369 e. The van der Waals surface area contributed by atoms with Crippen molar-refractivity contribution >= 4 is 11.6 Å². The Bertz CT molecular complexity index is 1220. The average Bonchev–Trinajstić information content (AvgIpc) is 3.60. The molecule has 3 aromatic rings. The third-order valence-corrected chi connectivity index (χ3v) is 7.42. The van der Waals surface area contributed by atoms with Crippen LogP contribution in [0.3, 0.4) is 0 Å². The zero-order chi connectivity index (χ0) is 24.6. The maximum Gasteiger partial charge on any atom is 0.273 e. The first-order chi connectivity index (χ1) is 16.7. The van der Waals surface area contributed by atoms with Crippen molar-refractivity contribution in [3.8, 4) is 11.1 Å². The molecule has 2 fully saturated rings. The van der Waals surface area contributed by atoms with Crippen LogP contribution >= 0.6 is 0 Å². The van der Waals surface area contributed by atoms with E-state index in [9.17, 15) is 4.79 Å². The van der Waals surface area contributed by atoms with Crippen LogP contribution in [-0.4, -0.2) is 52.1 Å². The minimum atomic E-state index is -0.218. The highest BCUT2D eigenvalue weighted by molar-refractivity contribution is 5.91. The van der Waals surface area contributed by atoms with Crippen LogP contribution in [0.1, 0.15) is 55.2 Å². The summed E-state index contributed by atoms with van der Waals surface area (Å²) in [4.78, 5) is 19.6. The molecular formula is C27H35N7O. The van der Waals surface area contributed by atoms with Gasteiger partial charge in [-0.3, -0.25) is 9.78 Å². The van der Waals surface area contributed by atoms with Crippen molar-refractivity contribution in [2.24, 2.45) is 5.41 Å². The zero-order valence-corrected chi connectivity index (χ0v) is 21.1. The average molecular weight is 474 g/mol. The number of carbonyl (C=O) groups is 1. The van der Waals surface area contributed by atoms with Gasteiger partial charge in [0.15, 0.2) is 5.69 Å². The summed E-state index contributed by atoms with van der Waals surface area (Å²) < 4.78 is 1.71. The lowest BCUT2D eigenvalue weighted by molar-refractivity contribution is 0.0945. The monoisotopic (exact) mass is 473 g/mol. The van der Waals surface area contributed by atoms with Crippen molar-refractivity contribution in [3.05, 3.63) is 59.7 Å². The summed E-state index contributed by atoms with van der Waals surface area (Å²) in [5.74, 6) is -0.218. The van der Waals surface area contributed by atoms with Crippen LogP contribution in [0.4, 0.5) is 5.69 Å². The van der Waals surface area contributed by atoms with Crippen LogP contribution in [0.5, 0.6) is 0 Å². The topological polar surface area (TPSA) is 88.0 Å². The Kier molecular flexibility index (Phi) is 6.09. The standard InChI is InChI=1S/C27H35N7O/c1-19-13-20(5-6-21(19)14-30-25(35)23-16-34(32-31-23)26(2,3)4)22-7-10-28-15-24(22)33-12-9-27(18-33)8-11-29-17-27/h5-7,10,13,15-16,29H,8-9,11-12,14,17-18H2,1-4H3,(H,30,35). The number of hydrogen-bond acceptors (Lipinski definition) is 6. The third kappa shape index (κ3) is 4.80. The van der Waals surface area contributed by atoms with E-state index in [4.69, 9.17) is 0 Å². The number of rotatable bonds is 5. The summed E-state index contributed by atoms with van der Waals surface area (Å²) in [5, 5.41) is 14.6. The Labute approximate surface area is 207 Å². The molecule has 0 saturated carbocycles. The molecule has 1 atom stereocenters. The number of nitrogens with zero attached hydrogens (tertiary/aromatic N) is 5. The smallest absolute Gasteiger partial charge is 0.273 e. The van der Waals surface area contributed by atoms with Crippen molar-refractivity contribution in [2.75, 3.05) is 31.1 Å². The number of anilines is 1. The van der Waals surface area contributed by atoms with Crippen molar-refractivity contribution in [1.29, 1.82) is 0 Å². The molecule has 0 aliphatic carbocycles.